The highest BCUT2D eigenvalue weighted by molar-refractivity contribution is 5.94. The topological polar surface area (TPSA) is 108 Å². The number of aliphatic hydroxyl groups excluding tert-OH is 1. The molecule has 35 heavy (non-hydrogen) atoms. The number of piperazine rings is 1. The number of hydrogen-bond donors (Lipinski definition) is 1. The largest absolute Gasteiger partial charge is 0.457 e. The molecule has 2 atom stereocenters. The molecular formula is C26H28N6O3. The highest BCUT2D eigenvalue weighted by Crippen LogP contribution is 2.34. The lowest BCUT2D eigenvalue weighted by Crippen LogP contribution is -2.54. The third-order valence-electron chi connectivity index (χ3n) is 7.24. The van der Waals surface area contributed by atoms with E-state index in [4.69, 9.17) is 10.00 Å². The number of likely N-dealkylation sites (N-methyl/N-ethyl adjacent to an activating group) is 1. The molecule has 0 spiro atoms. The number of nitriles is 1. The third-order valence-corrected chi connectivity index (χ3v) is 7.24. The van der Waals surface area contributed by atoms with Gasteiger partial charge in [-0.15, -0.1) is 0 Å². The summed E-state index contributed by atoms with van der Waals surface area (Å²) in [4.78, 5) is 20.9. The highest BCUT2D eigenvalue weighted by Gasteiger charge is 2.35. The van der Waals surface area contributed by atoms with E-state index < -0.39 is 0 Å². The van der Waals surface area contributed by atoms with Crippen LogP contribution in [0.2, 0.25) is 0 Å². The van der Waals surface area contributed by atoms with Crippen LogP contribution in [0.4, 0.5) is 0 Å². The Hall–Kier alpha value is -3.58. The smallest absolute Gasteiger partial charge is 0.338 e. The molecule has 0 amide bonds. The maximum atomic E-state index is 12.0. The van der Waals surface area contributed by atoms with Crippen molar-refractivity contribution < 1.29 is 14.6 Å². The Morgan fingerprint density at radius 3 is 2.83 bits per heavy atom. The van der Waals surface area contributed by atoms with Gasteiger partial charge in [0.25, 0.3) is 0 Å². The van der Waals surface area contributed by atoms with Gasteiger partial charge in [-0.2, -0.15) is 10.4 Å². The van der Waals surface area contributed by atoms with Crippen LogP contribution >= 0.6 is 0 Å². The van der Waals surface area contributed by atoms with Crippen LogP contribution in [-0.4, -0.2) is 68.4 Å². The predicted octanol–water partition coefficient (Wildman–Crippen LogP) is 2.28. The zero-order chi connectivity index (χ0) is 24.7. The Kier molecular flexibility index (Phi) is 6.11. The predicted molar refractivity (Wildman–Crippen MR) is 128 cm³/mol. The van der Waals surface area contributed by atoms with Crippen molar-refractivity contribution in [2.45, 2.75) is 39.1 Å². The molecule has 0 bridgehead atoms. The number of rotatable bonds is 5. The number of pyridine rings is 1. The van der Waals surface area contributed by atoms with Crippen LogP contribution in [0.15, 0.2) is 36.8 Å². The molecular weight excluding hydrogens is 444 g/mol. The summed E-state index contributed by atoms with van der Waals surface area (Å²) in [6.45, 7) is 6.50. The average molecular weight is 473 g/mol. The number of carbonyl (C=O) groups is 1. The summed E-state index contributed by atoms with van der Waals surface area (Å²) in [5.74, 6) is 0.410. The number of aryl methyl sites for hydroxylation is 1. The van der Waals surface area contributed by atoms with Crippen LogP contribution < -0.4 is 0 Å². The number of hydrogen-bond acceptors (Lipinski definition) is 8. The third kappa shape index (κ3) is 4.21. The number of fused-ring (bicyclic) bond motifs is 1. The van der Waals surface area contributed by atoms with E-state index in [0.717, 1.165) is 40.9 Å². The molecule has 2 aliphatic heterocycles. The molecule has 2 aliphatic rings. The minimum Gasteiger partial charge on any atom is -0.457 e. The van der Waals surface area contributed by atoms with Crippen LogP contribution in [0.3, 0.4) is 0 Å². The summed E-state index contributed by atoms with van der Waals surface area (Å²) in [7, 11) is 2.05. The van der Waals surface area contributed by atoms with Crippen molar-refractivity contribution in [3.63, 3.8) is 0 Å². The van der Waals surface area contributed by atoms with E-state index in [9.17, 15) is 9.90 Å². The van der Waals surface area contributed by atoms with Gasteiger partial charge in [-0.25, -0.2) is 14.5 Å². The molecule has 0 aliphatic carbocycles. The van der Waals surface area contributed by atoms with Gasteiger partial charge in [-0.05, 0) is 49.7 Å². The summed E-state index contributed by atoms with van der Waals surface area (Å²) in [5.41, 5.74) is 6.30. The lowest BCUT2D eigenvalue weighted by Gasteiger charge is -2.45. The molecule has 3 aromatic rings. The molecule has 1 fully saturated rings. The molecule has 1 saturated heterocycles. The Morgan fingerprint density at radius 1 is 1.26 bits per heavy atom. The van der Waals surface area contributed by atoms with Crippen molar-refractivity contribution in [1.82, 2.24) is 24.6 Å². The molecule has 0 saturated carbocycles. The van der Waals surface area contributed by atoms with Crippen molar-refractivity contribution in [2.75, 3.05) is 26.7 Å². The van der Waals surface area contributed by atoms with E-state index in [-0.39, 0.29) is 24.7 Å². The summed E-state index contributed by atoms with van der Waals surface area (Å²) < 4.78 is 6.97. The Bertz CT molecular complexity index is 1330. The van der Waals surface area contributed by atoms with E-state index in [1.54, 1.807) is 10.9 Å². The number of benzene rings is 1. The van der Waals surface area contributed by atoms with Crippen molar-refractivity contribution in [1.29, 1.82) is 5.26 Å². The van der Waals surface area contributed by atoms with Crippen LogP contribution in [-0.2, 0) is 17.9 Å². The number of cyclic esters (lactones) is 1. The standard InChI is InChI=1S/C26H28N6O3/c1-16-6-25(28-9-19(16)7-27)32-11-18(8-29-32)10-31-12-20(14-33)30(3)24(13-31)21-4-5-22-23(17(21)2)15-35-26(22)34/h4-6,8-9,11,20,24,33H,10,12-15H2,1-3H3/t20-,24+/m1/s1. The molecule has 180 valence electrons. The molecule has 0 unspecified atom stereocenters. The van der Waals surface area contributed by atoms with Crippen LogP contribution in [0.25, 0.3) is 5.82 Å². The van der Waals surface area contributed by atoms with Crippen molar-refractivity contribution >= 4 is 5.97 Å². The van der Waals surface area contributed by atoms with Gasteiger partial charge in [0.1, 0.15) is 12.7 Å². The zero-order valence-corrected chi connectivity index (χ0v) is 20.1. The van der Waals surface area contributed by atoms with Gasteiger partial charge in [-0.3, -0.25) is 9.80 Å². The fraction of sp³-hybridized carbons (Fsp3) is 0.385. The lowest BCUT2D eigenvalue weighted by molar-refractivity contribution is 0.0109. The van der Waals surface area contributed by atoms with Gasteiger partial charge in [0.2, 0.25) is 0 Å². The summed E-state index contributed by atoms with van der Waals surface area (Å²) >= 11 is 0. The molecule has 2 aromatic heterocycles. The quantitative estimate of drug-likeness (QED) is 0.564. The Labute approximate surface area is 204 Å². The number of aliphatic hydroxyl groups is 1. The minimum atomic E-state index is -0.259. The molecule has 9 heteroatoms. The van der Waals surface area contributed by atoms with Gasteiger partial charge in [-0.1, -0.05) is 6.07 Å². The van der Waals surface area contributed by atoms with Crippen molar-refractivity contribution in [3.8, 4) is 11.9 Å². The van der Waals surface area contributed by atoms with Gasteiger partial charge >= 0.3 is 5.97 Å². The van der Waals surface area contributed by atoms with Crippen LogP contribution in [0.1, 0.15) is 49.8 Å². The van der Waals surface area contributed by atoms with Crippen molar-refractivity contribution in [2.24, 2.45) is 0 Å². The van der Waals surface area contributed by atoms with Gasteiger partial charge in [0.05, 0.1) is 23.9 Å². The zero-order valence-electron chi connectivity index (χ0n) is 20.1. The normalized spacial score (nSPS) is 20.5. The first-order valence-electron chi connectivity index (χ1n) is 11.6. The SMILES string of the molecule is Cc1cc(-n2cc(CN3C[C@H](CO)N(C)[C@H](c4ccc5c(c4C)COC5=O)C3)cn2)ncc1C#N. The second-order valence-corrected chi connectivity index (χ2v) is 9.36. The molecule has 1 N–H and O–H groups in total. The summed E-state index contributed by atoms with van der Waals surface area (Å²) in [6, 6.07) is 7.94. The number of aromatic nitrogens is 3. The first-order chi connectivity index (χ1) is 16.9. The average Bonchev–Trinajstić information content (AvgIpc) is 3.47. The second kappa shape index (κ2) is 9.23. The molecule has 1 aromatic carbocycles. The summed E-state index contributed by atoms with van der Waals surface area (Å²) in [6.07, 6.45) is 5.36. The number of nitrogens with zero attached hydrogens (tertiary/aromatic N) is 6. The maximum Gasteiger partial charge on any atom is 0.338 e. The Balaban J connectivity index is 1.38. The van der Waals surface area contributed by atoms with Gasteiger partial charge < -0.3 is 9.84 Å². The van der Waals surface area contributed by atoms with Gasteiger partial charge in [0.15, 0.2) is 5.82 Å². The first-order valence-corrected chi connectivity index (χ1v) is 11.6. The van der Waals surface area contributed by atoms with Crippen LogP contribution in [0, 0.1) is 25.2 Å². The number of esters is 1. The molecule has 9 nitrogen and oxygen atoms in total. The fourth-order valence-corrected chi connectivity index (χ4v) is 5.10. The van der Waals surface area contributed by atoms with E-state index in [0.29, 0.717) is 30.1 Å². The van der Waals surface area contributed by atoms with Crippen LogP contribution in [0.5, 0.6) is 0 Å². The first kappa shape index (κ1) is 23.2. The minimum absolute atomic E-state index is 0.0165. The summed E-state index contributed by atoms with van der Waals surface area (Å²) in [5, 5.41) is 23.7. The highest BCUT2D eigenvalue weighted by atomic mass is 16.5. The Morgan fingerprint density at radius 2 is 2.09 bits per heavy atom. The van der Waals surface area contributed by atoms with E-state index in [2.05, 4.69) is 26.0 Å². The monoisotopic (exact) mass is 472 g/mol. The second-order valence-electron chi connectivity index (χ2n) is 9.36. The van der Waals surface area contributed by atoms with E-state index >= 15 is 0 Å². The van der Waals surface area contributed by atoms with Gasteiger partial charge in [0, 0.05) is 55.2 Å². The molecule has 5 rings (SSSR count). The number of carbonyl (C=O) groups excluding carboxylic acids is 1. The van der Waals surface area contributed by atoms with Crippen molar-refractivity contribution in [3.05, 3.63) is 75.7 Å². The maximum absolute atomic E-state index is 12.0. The van der Waals surface area contributed by atoms with E-state index in [1.807, 2.05) is 51.5 Å². The number of ether oxygens (including phenoxy) is 1. The molecule has 0 radical (unpaired) electrons. The lowest BCUT2D eigenvalue weighted by atomic mass is 9.91. The molecule has 4 heterocycles. The van der Waals surface area contributed by atoms with E-state index in [1.165, 1.54) is 0 Å². The fourth-order valence-electron chi connectivity index (χ4n) is 5.10.